The molecule has 4 aromatic rings. The minimum atomic E-state index is -3.66. The van der Waals surface area contributed by atoms with Crippen LogP contribution in [0.1, 0.15) is 25.0 Å². The molecule has 0 unspecified atom stereocenters. The first-order chi connectivity index (χ1) is 17.9. The standard InChI is InChI=1S/C28H32N4O4S2/c1-28(2,29)27(34)30-23(15-20-17-37-24-14-7-6-13-22(20)24)26(33)31-25(32-38(3,35)36)16-19-11-8-10-18-9-4-5-12-21(18)19/h4-14,17,23,25,32H,15-16,29H2,1-3H3,(H,30,34)(H,31,33)/t23-,25+/m1/s1. The van der Waals surface area contributed by atoms with Crippen molar-refractivity contribution in [2.45, 2.75) is 44.4 Å². The number of sulfonamides is 1. The lowest BCUT2D eigenvalue weighted by molar-refractivity contribution is -0.131. The van der Waals surface area contributed by atoms with Gasteiger partial charge in [-0.15, -0.1) is 11.3 Å². The number of hydrogen-bond donors (Lipinski definition) is 4. The quantitative estimate of drug-likeness (QED) is 0.225. The summed E-state index contributed by atoms with van der Waals surface area (Å²) >= 11 is 1.56. The van der Waals surface area contributed by atoms with Crippen LogP contribution in [0.2, 0.25) is 0 Å². The minimum Gasteiger partial charge on any atom is -0.342 e. The molecule has 5 N–H and O–H groups in total. The van der Waals surface area contributed by atoms with Crippen molar-refractivity contribution in [2.75, 3.05) is 6.26 Å². The highest BCUT2D eigenvalue weighted by atomic mass is 32.2. The molecule has 4 rings (SSSR count). The fourth-order valence-electron chi connectivity index (χ4n) is 4.31. The third-order valence-electron chi connectivity index (χ3n) is 6.17. The summed E-state index contributed by atoms with van der Waals surface area (Å²) in [7, 11) is -3.66. The van der Waals surface area contributed by atoms with Crippen LogP contribution in [0, 0.1) is 0 Å². The van der Waals surface area contributed by atoms with E-state index < -0.39 is 39.6 Å². The predicted molar refractivity (Wildman–Crippen MR) is 153 cm³/mol. The lowest BCUT2D eigenvalue weighted by atomic mass is 10.00. The molecule has 10 heteroatoms. The normalized spacial score (nSPS) is 13.8. The zero-order valence-electron chi connectivity index (χ0n) is 21.5. The first-order valence-corrected chi connectivity index (χ1v) is 15.0. The van der Waals surface area contributed by atoms with Crippen LogP contribution in [0.15, 0.2) is 72.1 Å². The predicted octanol–water partition coefficient (Wildman–Crippen LogP) is 3.05. The Morgan fingerprint density at radius 2 is 1.55 bits per heavy atom. The van der Waals surface area contributed by atoms with Crippen molar-refractivity contribution in [1.82, 2.24) is 15.4 Å². The molecule has 2 atom stereocenters. The molecule has 0 bridgehead atoms. The molecule has 8 nitrogen and oxygen atoms in total. The summed E-state index contributed by atoms with van der Waals surface area (Å²) in [5.74, 6) is -1.00. The topological polar surface area (TPSA) is 130 Å². The Kier molecular flexibility index (Phi) is 8.17. The molecular weight excluding hydrogens is 520 g/mol. The van der Waals surface area contributed by atoms with Crippen molar-refractivity contribution in [3.63, 3.8) is 0 Å². The minimum absolute atomic E-state index is 0.213. The van der Waals surface area contributed by atoms with Crippen molar-refractivity contribution in [1.29, 1.82) is 0 Å². The molecule has 3 aromatic carbocycles. The monoisotopic (exact) mass is 552 g/mol. The lowest BCUT2D eigenvalue weighted by Crippen LogP contribution is -2.59. The van der Waals surface area contributed by atoms with Gasteiger partial charge in [0.1, 0.15) is 6.04 Å². The van der Waals surface area contributed by atoms with Gasteiger partial charge in [0.25, 0.3) is 0 Å². The molecule has 0 aliphatic rings. The highest BCUT2D eigenvalue weighted by Gasteiger charge is 2.30. The highest BCUT2D eigenvalue weighted by molar-refractivity contribution is 7.88. The number of benzene rings is 3. The Morgan fingerprint density at radius 1 is 0.895 bits per heavy atom. The number of rotatable bonds is 10. The summed E-state index contributed by atoms with van der Waals surface area (Å²) in [6.45, 7) is 3.12. The molecule has 0 radical (unpaired) electrons. The smallest absolute Gasteiger partial charge is 0.244 e. The summed E-state index contributed by atoms with van der Waals surface area (Å²) in [4.78, 5) is 26.4. The fraction of sp³-hybridized carbons (Fsp3) is 0.286. The molecule has 38 heavy (non-hydrogen) atoms. The fourth-order valence-corrected chi connectivity index (χ4v) is 5.94. The number of nitrogens with one attached hydrogen (secondary N) is 3. The number of thiophene rings is 1. The molecule has 0 saturated heterocycles. The molecule has 1 aromatic heterocycles. The average molecular weight is 553 g/mol. The third kappa shape index (κ3) is 6.96. The van der Waals surface area contributed by atoms with E-state index in [2.05, 4.69) is 15.4 Å². The molecule has 0 aliphatic carbocycles. The lowest BCUT2D eigenvalue weighted by Gasteiger charge is -2.26. The first kappa shape index (κ1) is 27.7. The summed E-state index contributed by atoms with van der Waals surface area (Å²) < 4.78 is 28.0. The van der Waals surface area contributed by atoms with Crippen LogP contribution in [0.3, 0.4) is 0 Å². The van der Waals surface area contributed by atoms with Crippen LogP contribution >= 0.6 is 11.3 Å². The van der Waals surface area contributed by atoms with Gasteiger partial charge in [-0.05, 0) is 52.6 Å². The molecule has 0 spiro atoms. The van der Waals surface area contributed by atoms with Gasteiger partial charge in [-0.3, -0.25) is 9.59 Å². The maximum absolute atomic E-state index is 13.6. The van der Waals surface area contributed by atoms with Crippen molar-refractivity contribution < 1.29 is 18.0 Å². The van der Waals surface area contributed by atoms with Crippen molar-refractivity contribution >= 4 is 54.0 Å². The molecule has 200 valence electrons. The molecule has 0 saturated carbocycles. The van der Waals surface area contributed by atoms with Gasteiger partial charge in [0.05, 0.1) is 18.0 Å². The average Bonchev–Trinajstić information content (AvgIpc) is 3.25. The van der Waals surface area contributed by atoms with Crippen LogP contribution in [-0.4, -0.2) is 44.2 Å². The zero-order chi connectivity index (χ0) is 27.5. The van der Waals surface area contributed by atoms with E-state index in [-0.39, 0.29) is 12.8 Å². The van der Waals surface area contributed by atoms with Crippen LogP contribution < -0.4 is 21.1 Å². The second kappa shape index (κ2) is 11.2. The number of hydrogen-bond acceptors (Lipinski definition) is 6. The van der Waals surface area contributed by atoms with Crippen molar-refractivity contribution in [3.8, 4) is 0 Å². The third-order valence-corrected chi connectivity index (χ3v) is 7.89. The number of fused-ring (bicyclic) bond motifs is 2. The van der Waals surface area contributed by atoms with E-state index in [1.54, 1.807) is 25.2 Å². The van der Waals surface area contributed by atoms with E-state index >= 15 is 0 Å². The molecule has 0 fully saturated rings. The van der Waals surface area contributed by atoms with Gasteiger partial charge in [0.2, 0.25) is 21.8 Å². The maximum Gasteiger partial charge on any atom is 0.244 e. The summed E-state index contributed by atoms with van der Waals surface area (Å²) in [6, 6.07) is 20.4. The summed E-state index contributed by atoms with van der Waals surface area (Å²) in [6.07, 6.45) is 0.540. The SMILES string of the molecule is CC(C)(N)C(=O)N[C@H](Cc1csc2ccccc12)C(=O)N[C@H](Cc1cccc2ccccc12)NS(C)(=O)=O. The van der Waals surface area contributed by atoms with Gasteiger partial charge in [-0.2, -0.15) is 4.72 Å². The Balaban J connectivity index is 1.63. The van der Waals surface area contributed by atoms with Gasteiger partial charge < -0.3 is 16.4 Å². The highest BCUT2D eigenvalue weighted by Crippen LogP contribution is 2.27. The Hall–Kier alpha value is -3.31. The Labute approximate surface area is 226 Å². The van der Waals surface area contributed by atoms with Gasteiger partial charge in [-0.1, -0.05) is 60.7 Å². The Bertz CT molecular complexity index is 1570. The Morgan fingerprint density at radius 3 is 2.26 bits per heavy atom. The van der Waals surface area contributed by atoms with Crippen LogP contribution in [0.25, 0.3) is 20.9 Å². The second-order valence-electron chi connectivity index (χ2n) is 10.0. The van der Waals surface area contributed by atoms with E-state index in [9.17, 15) is 18.0 Å². The van der Waals surface area contributed by atoms with E-state index in [1.807, 2.05) is 72.1 Å². The van der Waals surface area contributed by atoms with E-state index in [0.717, 1.165) is 38.2 Å². The van der Waals surface area contributed by atoms with Gasteiger partial charge >= 0.3 is 0 Å². The first-order valence-electron chi connectivity index (χ1n) is 12.2. The zero-order valence-corrected chi connectivity index (χ0v) is 23.2. The molecule has 1 heterocycles. The number of amides is 2. The summed E-state index contributed by atoms with van der Waals surface area (Å²) in [5, 5.41) is 10.5. The number of carbonyl (C=O) groups is 2. The number of nitrogens with two attached hydrogens (primary N) is 1. The number of carbonyl (C=O) groups excluding carboxylic acids is 2. The molecular formula is C28H32N4O4S2. The van der Waals surface area contributed by atoms with Crippen LogP contribution in [0.4, 0.5) is 0 Å². The van der Waals surface area contributed by atoms with E-state index in [0.29, 0.717) is 0 Å². The van der Waals surface area contributed by atoms with Gasteiger partial charge in [0.15, 0.2) is 0 Å². The van der Waals surface area contributed by atoms with E-state index in [4.69, 9.17) is 5.73 Å². The maximum atomic E-state index is 13.6. The van der Waals surface area contributed by atoms with Crippen LogP contribution in [-0.2, 0) is 32.5 Å². The van der Waals surface area contributed by atoms with Crippen LogP contribution in [0.5, 0.6) is 0 Å². The van der Waals surface area contributed by atoms with E-state index in [1.165, 1.54) is 0 Å². The second-order valence-corrected chi connectivity index (χ2v) is 12.7. The van der Waals surface area contributed by atoms with Crippen molar-refractivity contribution in [3.05, 3.63) is 83.2 Å². The van der Waals surface area contributed by atoms with Crippen molar-refractivity contribution in [2.24, 2.45) is 5.73 Å². The van der Waals surface area contributed by atoms with Gasteiger partial charge in [-0.25, -0.2) is 8.42 Å². The summed E-state index contributed by atoms with van der Waals surface area (Å²) in [5.41, 5.74) is 6.57. The molecule has 2 amide bonds. The van der Waals surface area contributed by atoms with Gasteiger partial charge in [0, 0.05) is 17.5 Å². The molecule has 0 aliphatic heterocycles. The largest absolute Gasteiger partial charge is 0.342 e.